The molecule has 3 rings (SSSR count). The van der Waals surface area contributed by atoms with E-state index in [9.17, 15) is 4.79 Å². The van der Waals surface area contributed by atoms with Gasteiger partial charge in [0.2, 0.25) is 0 Å². The summed E-state index contributed by atoms with van der Waals surface area (Å²) in [4.78, 5) is 14.8. The SMILES string of the molecule is O=C(c1cccc2ccccc12)N1CCCCCCC1. The van der Waals surface area contributed by atoms with Gasteiger partial charge in [-0.3, -0.25) is 4.79 Å². The third-order valence-electron chi connectivity index (χ3n) is 4.16. The molecule has 0 aromatic heterocycles. The second-order valence-electron chi connectivity index (χ2n) is 5.59. The number of amides is 1. The predicted molar refractivity (Wildman–Crippen MR) is 82.9 cm³/mol. The average Bonchev–Trinajstić information content (AvgIpc) is 2.46. The number of carbonyl (C=O) groups excluding carboxylic acids is 1. The molecule has 0 aliphatic carbocycles. The molecular weight excluding hydrogens is 246 g/mol. The maximum absolute atomic E-state index is 12.8. The molecule has 0 atom stereocenters. The molecule has 2 aromatic rings. The van der Waals surface area contributed by atoms with Gasteiger partial charge in [0.15, 0.2) is 0 Å². The van der Waals surface area contributed by atoms with Crippen LogP contribution in [-0.4, -0.2) is 23.9 Å². The number of rotatable bonds is 1. The van der Waals surface area contributed by atoms with Gasteiger partial charge in [0, 0.05) is 18.7 Å². The zero-order chi connectivity index (χ0) is 13.8. The molecule has 0 bridgehead atoms. The van der Waals surface area contributed by atoms with E-state index in [1.54, 1.807) is 0 Å². The van der Waals surface area contributed by atoms with Gasteiger partial charge < -0.3 is 4.90 Å². The summed E-state index contributed by atoms with van der Waals surface area (Å²) >= 11 is 0. The molecular formula is C18H21NO. The molecule has 0 unspecified atom stereocenters. The number of carbonyl (C=O) groups is 1. The minimum absolute atomic E-state index is 0.198. The lowest BCUT2D eigenvalue weighted by atomic mass is 10.0. The minimum Gasteiger partial charge on any atom is -0.339 e. The van der Waals surface area contributed by atoms with Crippen molar-refractivity contribution in [3.05, 3.63) is 48.0 Å². The van der Waals surface area contributed by atoms with Crippen LogP contribution in [0.1, 0.15) is 42.5 Å². The van der Waals surface area contributed by atoms with Gasteiger partial charge in [-0.1, -0.05) is 55.7 Å². The molecule has 1 aliphatic heterocycles. The highest BCUT2D eigenvalue weighted by Gasteiger charge is 2.18. The van der Waals surface area contributed by atoms with E-state index in [2.05, 4.69) is 12.1 Å². The third kappa shape index (κ3) is 2.69. The molecule has 0 saturated carbocycles. The van der Waals surface area contributed by atoms with Crippen molar-refractivity contribution in [3.8, 4) is 0 Å². The number of likely N-dealkylation sites (tertiary alicyclic amines) is 1. The lowest BCUT2D eigenvalue weighted by Gasteiger charge is -2.25. The summed E-state index contributed by atoms with van der Waals surface area (Å²) in [5, 5.41) is 2.22. The first-order valence-corrected chi connectivity index (χ1v) is 7.63. The van der Waals surface area contributed by atoms with E-state index < -0.39 is 0 Å². The van der Waals surface area contributed by atoms with Gasteiger partial charge in [0.25, 0.3) is 5.91 Å². The number of nitrogens with zero attached hydrogens (tertiary/aromatic N) is 1. The fourth-order valence-corrected chi connectivity index (χ4v) is 3.03. The van der Waals surface area contributed by atoms with E-state index in [0.29, 0.717) is 0 Å². The average molecular weight is 267 g/mol. The Bertz CT molecular complexity index is 592. The molecule has 1 heterocycles. The van der Waals surface area contributed by atoms with Crippen molar-refractivity contribution >= 4 is 16.7 Å². The Morgan fingerprint density at radius 1 is 0.800 bits per heavy atom. The minimum atomic E-state index is 0.198. The van der Waals surface area contributed by atoms with Gasteiger partial charge in [-0.25, -0.2) is 0 Å². The van der Waals surface area contributed by atoms with Crippen molar-refractivity contribution in [2.24, 2.45) is 0 Å². The van der Waals surface area contributed by atoms with Gasteiger partial charge in [0.05, 0.1) is 0 Å². The normalized spacial score (nSPS) is 16.7. The van der Waals surface area contributed by atoms with E-state index in [-0.39, 0.29) is 5.91 Å². The Hall–Kier alpha value is -1.83. The first kappa shape index (κ1) is 13.2. The van der Waals surface area contributed by atoms with Gasteiger partial charge in [-0.15, -0.1) is 0 Å². The maximum Gasteiger partial charge on any atom is 0.254 e. The highest BCUT2D eigenvalue weighted by atomic mass is 16.2. The van der Waals surface area contributed by atoms with Crippen LogP contribution in [0.4, 0.5) is 0 Å². The zero-order valence-electron chi connectivity index (χ0n) is 11.8. The van der Waals surface area contributed by atoms with Gasteiger partial charge >= 0.3 is 0 Å². The standard InChI is InChI=1S/C18H21NO/c20-18(19-13-6-2-1-3-7-14-19)17-12-8-10-15-9-4-5-11-16(15)17/h4-5,8-12H,1-3,6-7,13-14H2. The smallest absolute Gasteiger partial charge is 0.254 e. The summed E-state index contributed by atoms with van der Waals surface area (Å²) < 4.78 is 0. The lowest BCUT2D eigenvalue weighted by Crippen LogP contribution is -2.33. The molecule has 2 heteroatoms. The monoisotopic (exact) mass is 267 g/mol. The second kappa shape index (κ2) is 6.08. The Labute approximate surface area is 120 Å². The van der Waals surface area contributed by atoms with Crippen molar-refractivity contribution in [3.63, 3.8) is 0 Å². The fraction of sp³-hybridized carbons (Fsp3) is 0.389. The molecule has 0 spiro atoms. The maximum atomic E-state index is 12.8. The molecule has 0 radical (unpaired) electrons. The second-order valence-corrected chi connectivity index (χ2v) is 5.59. The van der Waals surface area contributed by atoms with E-state index in [0.717, 1.165) is 42.3 Å². The first-order chi connectivity index (χ1) is 9.86. The van der Waals surface area contributed by atoms with Crippen LogP contribution < -0.4 is 0 Å². The molecule has 0 N–H and O–H groups in total. The number of hydrogen-bond acceptors (Lipinski definition) is 1. The molecule has 20 heavy (non-hydrogen) atoms. The molecule has 1 saturated heterocycles. The van der Waals surface area contributed by atoms with Crippen LogP contribution in [0.15, 0.2) is 42.5 Å². The Kier molecular flexibility index (Phi) is 4.00. The quantitative estimate of drug-likeness (QED) is 0.756. The van der Waals surface area contributed by atoms with Crippen molar-refractivity contribution in [1.29, 1.82) is 0 Å². The molecule has 2 nitrogen and oxygen atoms in total. The van der Waals surface area contributed by atoms with Crippen LogP contribution in [0.5, 0.6) is 0 Å². The van der Waals surface area contributed by atoms with E-state index in [4.69, 9.17) is 0 Å². The van der Waals surface area contributed by atoms with Crippen LogP contribution in [0, 0.1) is 0 Å². The van der Waals surface area contributed by atoms with Gasteiger partial charge in [0.1, 0.15) is 0 Å². The van der Waals surface area contributed by atoms with Gasteiger partial charge in [-0.2, -0.15) is 0 Å². The summed E-state index contributed by atoms with van der Waals surface area (Å²) in [6.45, 7) is 1.81. The van der Waals surface area contributed by atoms with E-state index in [1.165, 1.54) is 19.3 Å². The van der Waals surface area contributed by atoms with Gasteiger partial charge in [-0.05, 0) is 29.7 Å². The first-order valence-electron chi connectivity index (χ1n) is 7.63. The molecule has 2 aromatic carbocycles. The molecule has 1 amide bonds. The van der Waals surface area contributed by atoms with Crippen LogP contribution in [0.2, 0.25) is 0 Å². The highest BCUT2D eigenvalue weighted by Crippen LogP contribution is 2.21. The Morgan fingerprint density at radius 2 is 1.45 bits per heavy atom. The molecule has 104 valence electrons. The third-order valence-corrected chi connectivity index (χ3v) is 4.16. The lowest BCUT2D eigenvalue weighted by molar-refractivity contribution is 0.0744. The summed E-state index contributed by atoms with van der Waals surface area (Å²) in [5.41, 5.74) is 0.851. The summed E-state index contributed by atoms with van der Waals surface area (Å²) in [7, 11) is 0. The summed E-state index contributed by atoms with van der Waals surface area (Å²) in [6, 6.07) is 14.2. The topological polar surface area (TPSA) is 20.3 Å². The zero-order valence-corrected chi connectivity index (χ0v) is 11.8. The van der Waals surface area contributed by atoms with E-state index in [1.807, 2.05) is 35.2 Å². The number of benzene rings is 2. The highest BCUT2D eigenvalue weighted by molar-refractivity contribution is 6.07. The van der Waals surface area contributed by atoms with Crippen LogP contribution in [-0.2, 0) is 0 Å². The summed E-state index contributed by atoms with van der Waals surface area (Å²) in [5.74, 6) is 0.198. The fourth-order valence-electron chi connectivity index (χ4n) is 3.03. The van der Waals surface area contributed by atoms with Crippen LogP contribution in [0.25, 0.3) is 10.8 Å². The van der Waals surface area contributed by atoms with Crippen LogP contribution in [0.3, 0.4) is 0 Å². The largest absolute Gasteiger partial charge is 0.339 e. The van der Waals surface area contributed by atoms with Crippen LogP contribution >= 0.6 is 0 Å². The predicted octanol–water partition coefficient (Wildman–Crippen LogP) is 4.25. The molecule has 1 aliphatic rings. The number of hydrogen-bond donors (Lipinski definition) is 0. The Balaban J connectivity index is 1.91. The molecule has 1 fully saturated rings. The summed E-state index contributed by atoms with van der Waals surface area (Å²) in [6.07, 6.45) is 6.09. The number of fused-ring (bicyclic) bond motifs is 1. The van der Waals surface area contributed by atoms with Crippen molar-refractivity contribution in [1.82, 2.24) is 4.90 Å². The van der Waals surface area contributed by atoms with E-state index >= 15 is 0 Å². The van der Waals surface area contributed by atoms with Crippen molar-refractivity contribution in [2.75, 3.05) is 13.1 Å². The van der Waals surface area contributed by atoms with Crippen molar-refractivity contribution < 1.29 is 4.79 Å². The van der Waals surface area contributed by atoms with Crippen molar-refractivity contribution in [2.45, 2.75) is 32.1 Å². The Morgan fingerprint density at radius 3 is 2.25 bits per heavy atom.